The molecule has 0 aliphatic heterocycles. The van der Waals surface area contributed by atoms with Crippen molar-refractivity contribution < 1.29 is 13.6 Å². The van der Waals surface area contributed by atoms with Crippen LogP contribution in [-0.4, -0.2) is 10.8 Å². The maximum atomic E-state index is 13.1. The third-order valence-corrected chi connectivity index (χ3v) is 3.44. The van der Waals surface area contributed by atoms with Crippen LogP contribution < -0.4 is 0 Å². The first-order valence-corrected chi connectivity index (χ1v) is 6.68. The first-order valence-electron chi connectivity index (χ1n) is 6.68. The molecule has 0 amide bonds. The third-order valence-electron chi connectivity index (χ3n) is 3.44. The van der Waals surface area contributed by atoms with Gasteiger partial charge in [0.2, 0.25) is 0 Å². The Hall–Kier alpha value is -2.49. The maximum absolute atomic E-state index is 13.1. The van der Waals surface area contributed by atoms with Crippen LogP contribution in [0.15, 0.2) is 48.5 Å². The Balaban J connectivity index is 1.73. The SMILES string of the molecule is O=C(CCc1ccc(F)cc1)c1cc2cc(F)ccc2[nH]1. The number of ketones is 1. The van der Waals surface area contributed by atoms with E-state index >= 15 is 0 Å². The second-order valence-electron chi connectivity index (χ2n) is 4.96. The highest BCUT2D eigenvalue weighted by atomic mass is 19.1. The quantitative estimate of drug-likeness (QED) is 0.714. The van der Waals surface area contributed by atoms with E-state index in [1.54, 1.807) is 24.3 Å². The number of benzene rings is 2. The second-order valence-corrected chi connectivity index (χ2v) is 4.96. The lowest BCUT2D eigenvalue weighted by atomic mass is 10.1. The van der Waals surface area contributed by atoms with Crippen molar-refractivity contribution in [2.75, 3.05) is 0 Å². The lowest BCUT2D eigenvalue weighted by Crippen LogP contribution is -2.01. The van der Waals surface area contributed by atoms with Crippen LogP contribution in [0.1, 0.15) is 22.5 Å². The highest BCUT2D eigenvalue weighted by molar-refractivity contribution is 5.99. The van der Waals surface area contributed by atoms with Gasteiger partial charge in [0.25, 0.3) is 0 Å². The zero-order valence-corrected chi connectivity index (χ0v) is 11.2. The largest absolute Gasteiger partial charge is 0.352 e. The highest BCUT2D eigenvalue weighted by Gasteiger charge is 2.10. The highest BCUT2D eigenvalue weighted by Crippen LogP contribution is 2.18. The summed E-state index contributed by atoms with van der Waals surface area (Å²) in [7, 11) is 0. The van der Waals surface area contributed by atoms with E-state index in [2.05, 4.69) is 4.98 Å². The number of aromatic nitrogens is 1. The average Bonchev–Trinajstić information content (AvgIpc) is 2.89. The smallest absolute Gasteiger partial charge is 0.179 e. The number of hydrogen-bond acceptors (Lipinski definition) is 1. The lowest BCUT2D eigenvalue weighted by Gasteiger charge is -2.00. The van der Waals surface area contributed by atoms with E-state index in [0.29, 0.717) is 23.9 Å². The molecule has 1 aromatic heterocycles. The van der Waals surface area contributed by atoms with Crippen molar-refractivity contribution in [3.05, 3.63) is 71.4 Å². The van der Waals surface area contributed by atoms with E-state index in [0.717, 1.165) is 11.1 Å². The van der Waals surface area contributed by atoms with Crippen LogP contribution >= 0.6 is 0 Å². The summed E-state index contributed by atoms with van der Waals surface area (Å²) in [6, 6.07) is 12.1. The molecule has 0 fully saturated rings. The zero-order chi connectivity index (χ0) is 14.8. The Bertz CT molecular complexity index is 790. The predicted octanol–water partition coefficient (Wildman–Crippen LogP) is 4.26. The minimum absolute atomic E-state index is 0.0454. The molecule has 0 aliphatic carbocycles. The number of hydrogen-bond donors (Lipinski definition) is 1. The van der Waals surface area contributed by atoms with Gasteiger partial charge in [0.15, 0.2) is 5.78 Å². The first-order chi connectivity index (χ1) is 10.1. The summed E-state index contributed by atoms with van der Waals surface area (Å²) in [5.41, 5.74) is 2.12. The van der Waals surface area contributed by atoms with Gasteiger partial charge in [-0.2, -0.15) is 0 Å². The molecule has 3 rings (SSSR count). The maximum Gasteiger partial charge on any atom is 0.179 e. The summed E-state index contributed by atoms with van der Waals surface area (Å²) in [5, 5.41) is 0.681. The standard InChI is InChI=1S/C17H13F2NO/c18-13-4-1-11(2-5-13)3-8-17(21)16-10-12-9-14(19)6-7-15(12)20-16/h1-2,4-7,9-10,20H,3,8H2. The van der Waals surface area contributed by atoms with Crippen molar-refractivity contribution in [3.63, 3.8) is 0 Å². The summed E-state index contributed by atoms with van der Waals surface area (Å²) in [6.07, 6.45) is 0.865. The topological polar surface area (TPSA) is 32.9 Å². The van der Waals surface area contributed by atoms with Crippen LogP contribution in [0.4, 0.5) is 8.78 Å². The molecule has 4 heteroatoms. The molecule has 106 valence electrons. The first kappa shape index (κ1) is 13.5. The van der Waals surface area contributed by atoms with Crippen molar-refractivity contribution in [2.24, 2.45) is 0 Å². The molecular weight excluding hydrogens is 272 g/mol. The number of rotatable bonds is 4. The molecule has 3 aromatic rings. The normalized spacial score (nSPS) is 11.0. The fraction of sp³-hybridized carbons (Fsp3) is 0.118. The summed E-state index contributed by atoms with van der Waals surface area (Å²) in [5.74, 6) is -0.662. The molecule has 0 aliphatic rings. The van der Waals surface area contributed by atoms with Gasteiger partial charge < -0.3 is 4.98 Å². The Kier molecular flexibility index (Phi) is 3.52. The van der Waals surface area contributed by atoms with Crippen LogP contribution in [0, 0.1) is 11.6 Å². The number of nitrogens with one attached hydrogen (secondary N) is 1. The van der Waals surface area contributed by atoms with Gasteiger partial charge in [0.05, 0.1) is 5.69 Å². The molecule has 0 saturated heterocycles. The fourth-order valence-electron chi connectivity index (χ4n) is 2.30. The van der Waals surface area contributed by atoms with Crippen LogP contribution in [-0.2, 0) is 6.42 Å². The van der Waals surface area contributed by atoms with Crippen LogP contribution in [0.25, 0.3) is 10.9 Å². The molecule has 0 bridgehead atoms. The monoisotopic (exact) mass is 285 g/mol. The molecule has 2 aromatic carbocycles. The predicted molar refractivity (Wildman–Crippen MR) is 77.3 cm³/mol. The van der Waals surface area contributed by atoms with E-state index in [1.807, 2.05) is 0 Å². The van der Waals surface area contributed by atoms with Gasteiger partial charge in [-0.05, 0) is 48.4 Å². The van der Waals surface area contributed by atoms with Crippen molar-refractivity contribution >= 4 is 16.7 Å². The molecule has 0 saturated carbocycles. The molecular formula is C17H13F2NO. The average molecular weight is 285 g/mol. The summed E-state index contributed by atoms with van der Waals surface area (Å²) < 4.78 is 25.9. The number of aryl methyl sites for hydroxylation is 1. The molecule has 0 spiro atoms. The number of fused-ring (bicyclic) bond motifs is 1. The number of aromatic amines is 1. The molecule has 0 radical (unpaired) electrons. The Morgan fingerprint density at radius 1 is 0.952 bits per heavy atom. The van der Waals surface area contributed by atoms with E-state index in [9.17, 15) is 13.6 Å². The van der Waals surface area contributed by atoms with Gasteiger partial charge in [-0.25, -0.2) is 8.78 Å². The summed E-state index contributed by atoms with van der Waals surface area (Å²) >= 11 is 0. The van der Waals surface area contributed by atoms with Crippen LogP contribution in [0.3, 0.4) is 0 Å². The number of carbonyl (C=O) groups excluding carboxylic acids is 1. The summed E-state index contributed by atoms with van der Waals surface area (Å²) in [6.45, 7) is 0. The molecule has 2 nitrogen and oxygen atoms in total. The van der Waals surface area contributed by atoms with Gasteiger partial charge in [0, 0.05) is 17.3 Å². The summed E-state index contributed by atoms with van der Waals surface area (Å²) in [4.78, 5) is 15.1. The lowest BCUT2D eigenvalue weighted by molar-refractivity contribution is 0.0979. The van der Waals surface area contributed by atoms with E-state index < -0.39 is 0 Å². The number of carbonyl (C=O) groups is 1. The minimum Gasteiger partial charge on any atom is -0.352 e. The van der Waals surface area contributed by atoms with Gasteiger partial charge >= 0.3 is 0 Å². The fourth-order valence-corrected chi connectivity index (χ4v) is 2.30. The van der Waals surface area contributed by atoms with E-state index in [-0.39, 0.29) is 17.4 Å². The van der Waals surface area contributed by atoms with Crippen molar-refractivity contribution in [1.29, 1.82) is 0 Å². The van der Waals surface area contributed by atoms with E-state index in [4.69, 9.17) is 0 Å². The van der Waals surface area contributed by atoms with Gasteiger partial charge in [0.1, 0.15) is 11.6 Å². The minimum atomic E-state index is -0.327. The molecule has 21 heavy (non-hydrogen) atoms. The number of H-pyrrole nitrogens is 1. The van der Waals surface area contributed by atoms with Crippen molar-refractivity contribution in [1.82, 2.24) is 4.98 Å². The second kappa shape index (κ2) is 5.48. The Morgan fingerprint density at radius 2 is 1.67 bits per heavy atom. The number of halogens is 2. The Morgan fingerprint density at radius 3 is 2.43 bits per heavy atom. The molecule has 1 N–H and O–H groups in total. The van der Waals surface area contributed by atoms with Crippen LogP contribution in [0.2, 0.25) is 0 Å². The van der Waals surface area contributed by atoms with Crippen molar-refractivity contribution in [3.8, 4) is 0 Å². The van der Waals surface area contributed by atoms with Gasteiger partial charge in [-0.1, -0.05) is 12.1 Å². The third kappa shape index (κ3) is 2.99. The van der Waals surface area contributed by atoms with E-state index in [1.165, 1.54) is 24.3 Å². The van der Waals surface area contributed by atoms with Crippen molar-refractivity contribution in [2.45, 2.75) is 12.8 Å². The van der Waals surface area contributed by atoms with Gasteiger partial charge in [-0.15, -0.1) is 0 Å². The van der Waals surface area contributed by atoms with Crippen LogP contribution in [0.5, 0.6) is 0 Å². The molecule has 1 heterocycles. The molecule has 0 unspecified atom stereocenters. The Labute approximate surface area is 120 Å². The zero-order valence-electron chi connectivity index (χ0n) is 11.2. The molecule has 0 atom stereocenters. The number of Topliss-reactive ketones (excluding diaryl/α,β-unsaturated/α-hetero) is 1. The van der Waals surface area contributed by atoms with Gasteiger partial charge in [-0.3, -0.25) is 4.79 Å².